The maximum atomic E-state index is 6.11. The van der Waals surface area contributed by atoms with Gasteiger partial charge in [-0.05, 0) is 38.8 Å². The van der Waals surface area contributed by atoms with Crippen LogP contribution in [-0.2, 0) is 11.3 Å². The normalized spacial score (nSPS) is 10.8. The summed E-state index contributed by atoms with van der Waals surface area (Å²) in [7, 11) is 0. The number of halogens is 1. The van der Waals surface area contributed by atoms with E-state index in [1.165, 1.54) is 16.7 Å². The molecule has 0 fully saturated rings. The summed E-state index contributed by atoms with van der Waals surface area (Å²) >= 11 is 6.11. The van der Waals surface area contributed by atoms with Crippen LogP contribution in [0.15, 0.2) is 18.2 Å². The van der Waals surface area contributed by atoms with Gasteiger partial charge in [-0.3, -0.25) is 0 Å². The van der Waals surface area contributed by atoms with Crippen LogP contribution in [0.4, 0.5) is 0 Å². The zero-order valence-electron chi connectivity index (χ0n) is 12.3. The summed E-state index contributed by atoms with van der Waals surface area (Å²) in [4.78, 5) is 8.78. The number of hydrogen-bond donors (Lipinski definition) is 0. The Balaban J connectivity index is 2.50. The summed E-state index contributed by atoms with van der Waals surface area (Å²) in [5.74, 6) is 0.619. The minimum atomic E-state index is 0.383. The molecule has 0 saturated carbocycles. The molecule has 1 aromatic heterocycles. The zero-order chi connectivity index (χ0) is 14.7. The van der Waals surface area contributed by atoms with Crippen LogP contribution in [0.1, 0.15) is 29.4 Å². The number of benzene rings is 1. The summed E-state index contributed by atoms with van der Waals surface area (Å²) in [6.07, 6.45) is 0. The molecule has 0 radical (unpaired) electrons. The van der Waals surface area contributed by atoms with Crippen molar-refractivity contribution in [2.75, 3.05) is 6.61 Å². The monoisotopic (exact) mass is 290 g/mol. The van der Waals surface area contributed by atoms with E-state index in [0.717, 1.165) is 11.3 Å². The van der Waals surface area contributed by atoms with Crippen LogP contribution in [0.2, 0.25) is 5.15 Å². The fraction of sp³-hybridized carbons (Fsp3) is 0.375. The van der Waals surface area contributed by atoms with Crippen molar-refractivity contribution in [3.05, 3.63) is 45.9 Å². The molecule has 3 nitrogen and oxygen atoms in total. The van der Waals surface area contributed by atoms with Crippen molar-refractivity contribution < 1.29 is 4.74 Å². The lowest BCUT2D eigenvalue weighted by molar-refractivity contribution is 0.128. The van der Waals surface area contributed by atoms with Crippen LogP contribution in [0, 0.1) is 20.8 Å². The van der Waals surface area contributed by atoms with Crippen LogP contribution < -0.4 is 0 Å². The predicted octanol–water partition coefficient (Wildman–Crippen LogP) is 4.26. The molecule has 0 saturated heterocycles. The van der Waals surface area contributed by atoms with Gasteiger partial charge >= 0.3 is 0 Å². The van der Waals surface area contributed by atoms with Crippen molar-refractivity contribution in [1.29, 1.82) is 0 Å². The average Bonchev–Trinajstić information content (AvgIpc) is 2.34. The van der Waals surface area contributed by atoms with E-state index in [-0.39, 0.29) is 0 Å². The van der Waals surface area contributed by atoms with E-state index in [1.54, 1.807) is 0 Å². The molecule has 1 aromatic carbocycles. The van der Waals surface area contributed by atoms with Gasteiger partial charge < -0.3 is 4.74 Å². The fourth-order valence-corrected chi connectivity index (χ4v) is 2.64. The second-order valence-electron chi connectivity index (χ2n) is 4.90. The highest BCUT2D eigenvalue weighted by Crippen LogP contribution is 2.28. The highest BCUT2D eigenvalue weighted by Gasteiger charge is 2.11. The Morgan fingerprint density at radius 1 is 1.05 bits per heavy atom. The van der Waals surface area contributed by atoms with E-state index in [4.69, 9.17) is 16.3 Å². The summed E-state index contributed by atoms with van der Waals surface area (Å²) < 4.78 is 5.36. The first kappa shape index (κ1) is 14.9. The molecule has 0 N–H and O–H groups in total. The Hall–Kier alpha value is -1.45. The van der Waals surface area contributed by atoms with Gasteiger partial charge in [0.25, 0.3) is 0 Å². The van der Waals surface area contributed by atoms with Gasteiger partial charge in [0.2, 0.25) is 0 Å². The van der Waals surface area contributed by atoms with Crippen LogP contribution >= 0.6 is 11.6 Å². The lowest BCUT2D eigenvalue weighted by Crippen LogP contribution is -2.02. The molecule has 20 heavy (non-hydrogen) atoms. The van der Waals surface area contributed by atoms with E-state index in [1.807, 2.05) is 13.0 Å². The Bertz CT molecular complexity index is 603. The second kappa shape index (κ2) is 6.33. The highest BCUT2D eigenvalue weighted by molar-refractivity contribution is 6.29. The van der Waals surface area contributed by atoms with Gasteiger partial charge in [-0.2, -0.15) is 0 Å². The molecule has 0 atom stereocenters. The lowest BCUT2D eigenvalue weighted by Gasteiger charge is -2.12. The topological polar surface area (TPSA) is 35.0 Å². The maximum Gasteiger partial charge on any atom is 0.156 e. The average molecular weight is 291 g/mol. The number of ether oxygens (including phenoxy) is 1. The molecule has 0 spiro atoms. The van der Waals surface area contributed by atoms with E-state index >= 15 is 0 Å². The van der Waals surface area contributed by atoms with Crippen molar-refractivity contribution >= 4 is 11.6 Å². The molecule has 0 amide bonds. The van der Waals surface area contributed by atoms with Crippen molar-refractivity contribution in [1.82, 2.24) is 9.97 Å². The molecule has 0 bridgehead atoms. The van der Waals surface area contributed by atoms with Gasteiger partial charge in [0.05, 0.1) is 5.69 Å². The van der Waals surface area contributed by atoms with Crippen LogP contribution in [0.5, 0.6) is 0 Å². The van der Waals surface area contributed by atoms with E-state index < -0.39 is 0 Å². The third kappa shape index (κ3) is 3.35. The Kier molecular flexibility index (Phi) is 4.73. The summed E-state index contributed by atoms with van der Waals surface area (Å²) in [6, 6.07) is 6.11. The lowest BCUT2D eigenvalue weighted by atomic mass is 9.97. The summed E-state index contributed by atoms with van der Waals surface area (Å²) in [5, 5.41) is 0.448. The first-order valence-corrected chi connectivity index (χ1v) is 7.08. The molecule has 0 aliphatic carbocycles. The highest BCUT2D eigenvalue weighted by atomic mass is 35.5. The number of aryl methyl sites for hydroxylation is 3. The van der Waals surface area contributed by atoms with Gasteiger partial charge in [-0.15, -0.1) is 0 Å². The SMILES string of the molecule is CCOCc1nc(Cl)cc(-c2c(C)cc(C)cc2C)n1. The number of rotatable bonds is 4. The van der Waals surface area contributed by atoms with Crippen molar-refractivity contribution in [3.63, 3.8) is 0 Å². The molecule has 0 aliphatic rings. The Labute approximate surface area is 125 Å². The molecule has 2 aromatic rings. The first-order valence-electron chi connectivity index (χ1n) is 6.70. The van der Waals surface area contributed by atoms with Gasteiger partial charge in [0, 0.05) is 18.2 Å². The second-order valence-corrected chi connectivity index (χ2v) is 5.29. The van der Waals surface area contributed by atoms with Gasteiger partial charge in [-0.25, -0.2) is 9.97 Å². The van der Waals surface area contributed by atoms with Crippen molar-refractivity contribution in [3.8, 4) is 11.3 Å². The first-order chi connectivity index (χ1) is 9.51. The smallest absolute Gasteiger partial charge is 0.156 e. The van der Waals surface area contributed by atoms with Crippen LogP contribution in [0.3, 0.4) is 0 Å². The van der Waals surface area contributed by atoms with E-state index in [2.05, 4.69) is 42.9 Å². The van der Waals surface area contributed by atoms with Gasteiger partial charge in [0.15, 0.2) is 5.82 Å². The molecule has 1 heterocycles. The van der Waals surface area contributed by atoms with Crippen LogP contribution in [-0.4, -0.2) is 16.6 Å². The third-order valence-electron chi connectivity index (χ3n) is 3.11. The molecule has 106 valence electrons. The van der Waals surface area contributed by atoms with Crippen molar-refractivity contribution in [2.24, 2.45) is 0 Å². The zero-order valence-corrected chi connectivity index (χ0v) is 13.1. The van der Waals surface area contributed by atoms with E-state index in [9.17, 15) is 0 Å². The fourth-order valence-electron chi connectivity index (χ4n) is 2.43. The molecule has 0 unspecified atom stereocenters. The van der Waals surface area contributed by atoms with Gasteiger partial charge in [0.1, 0.15) is 11.8 Å². The molecule has 2 rings (SSSR count). The molecular formula is C16H19ClN2O. The number of hydrogen-bond acceptors (Lipinski definition) is 3. The van der Waals surface area contributed by atoms with E-state index in [0.29, 0.717) is 24.2 Å². The van der Waals surface area contributed by atoms with Gasteiger partial charge in [-0.1, -0.05) is 29.3 Å². The Morgan fingerprint density at radius 2 is 1.70 bits per heavy atom. The standard InChI is InChI=1S/C16H19ClN2O/c1-5-20-9-15-18-13(8-14(17)19-15)16-11(3)6-10(2)7-12(16)4/h6-8H,5,9H2,1-4H3. The maximum absolute atomic E-state index is 6.11. The number of aromatic nitrogens is 2. The molecular weight excluding hydrogens is 272 g/mol. The third-order valence-corrected chi connectivity index (χ3v) is 3.30. The minimum absolute atomic E-state index is 0.383. The van der Waals surface area contributed by atoms with Crippen LogP contribution in [0.25, 0.3) is 11.3 Å². The van der Waals surface area contributed by atoms with Crippen molar-refractivity contribution in [2.45, 2.75) is 34.3 Å². The number of nitrogens with zero attached hydrogens (tertiary/aromatic N) is 2. The molecule has 0 aliphatic heterocycles. The quantitative estimate of drug-likeness (QED) is 0.789. The summed E-state index contributed by atoms with van der Waals surface area (Å²) in [6.45, 7) is 9.24. The summed E-state index contributed by atoms with van der Waals surface area (Å²) in [5.41, 5.74) is 5.62. The minimum Gasteiger partial charge on any atom is -0.374 e. The largest absolute Gasteiger partial charge is 0.374 e. The predicted molar refractivity (Wildman–Crippen MR) is 82.0 cm³/mol. The Morgan fingerprint density at radius 3 is 2.30 bits per heavy atom. The molecule has 4 heteroatoms.